The van der Waals surface area contributed by atoms with Gasteiger partial charge in [0.15, 0.2) is 6.04 Å². The summed E-state index contributed by atoms with van der Waals surface area (Å²) in [7, 11) is 0. The number of amides is 1. The molecule has 2 aromatic rings. The summed E-state index contributed by atoms with van der Waals surface area (Å²) >= 11 is 0. The zero-order valence-corrected chi connectivity index (χ0v) is 15.0. The number of quaternary nitrogens is 1. The molecule has 3 rings (SSSR count). The number of nitrogens with one attached hydrogen (secondary N) is 2. The van der Waals surface area contributed by atoms with Crippen molar-refractivity contribution in [2.24, 2.45) is 0 Å². The number of carbonyl (C=O) groups is 1. The number of nitro benzene ring substituents is 1. The molecule has 142 valence electrons. The van der Waals surface area contributed by atoms with Crippen molar-refractivity contribution in [3.05, 3.63) is 64.5 Å². The number of hydrogen-bond donors (Lipinski definition) is 2. The predicted molar refractivity (Wildman–Crippen MR) is 100 cm³/mol. The lowest BCUT2D eigenvalue weighted by molar-refractivity contribution is -0.914. The molecule has 1 atom stereocenters. The third kappa shape index (κ3) is 4.40. The smallest absolute Gasteiger partial charge is 0.292 e. The molecule has 1 fully saturated rings. The second kappa shape index (κ2) is 8.13. The molecule has 0 radical (unpaired) electrons. The van der Waals surface area contributed by atoms with Gasteiger partial charge in [-0.25, -0.2) is 4.39 Å². The first-order chi connectivity index (χ1) is 13.0. The maximum absolute atomic E-state index is 13.1. The minimum absolute atomic E-state index is 0.117. The highest BCUT2D eigenvalue weighted by atomic mass is 19.1. The van der Waals surface area contributed by atoms with Crippen molar-refractivity contribution in [3.63, 3.8) is 0 Å². The predicted octanol–water partition coefficient (Wildman–Crippen LogP) is 1.47. The van der Waals surface area contributed by atoms with E-state index in [1.54, 1.807) is 24.3 Å². The summed E-state index contributed by atoms with van der Waals surface area (Å²) < 4.78 is 13.1. The Morgan fingerprint density at radius 2 is 1.81 bits per heavy atom. The summed E-state index contributed by atoms with van der Waals surface area (Å²) in [6.07, 6.45) is 0. The van der Waals surface area contributed by atoms with Crippen molar-refractivity contribution in [2.75, 3.05) is 36.4 Å². The first kappa shape index (κ1) is 18.8. The molecule has 0 bridgehead atoms. The minimum Gasteiger partial charge on any atom is -0.360 e. The van der Waals surface area contributed by atoms with Crippen LogP contribution in [0.25, 0.3) is 0 Å². The van der Waals surface area contributed by atoms with E-state index in [1.165, 1.54) is 24.3 Å². The molecule has 0 unspecified atom stereocenters. The van der Waals surface area contributed by atoms with Gasteiger partial charge in [0.2, 0.25) is 0 Å². The van der Waals surface area contributed by atoms with E-state index in [0.29, 0.717) is 0 Å². The van der Waals surface area contributed by atoms with Crippen LogP contribution in [-0.2, 0) is 4.79 Å². The molecule has 1 amide bonds. The van der Waals surface area contributed by atoms with Crippen molar-refractivity contribution in [1.29, 1.82) is 0 Å². The van der Waals surface area contributed by atoms with Gasteiger partial charge in [-0.2, -0.15) is 0 Å². The van der Waals surface area contributed by atoms with Gasteiger partial charge in [-0.05, 0) is 37.3 Å². The maximum atomic E-state index is 13.1. The second-order valence-corrected chi connectivity index (χ2v) is 6.61. The summed E-state index contributed by atoms with van der Waals surface area (Å²) in [6, 6.07) is 12.2. The Labute approximate surface area is 156 Å². The quantitative estimate of drug-likeness (QED) is 0.614. The van der Waals surface area contributed by atoms with Crippen molar-refractivity contribution in [1.82, 2.24) is 0 Å². The van der Waals surface area contributed by atoms with Gasteiger partial charge in [-0.1, -0.05) is 12.1 Å². The monoisotopic (exact) mass is 373 g/mol. The number of piperazine rings is 1. The van der Waals surface area contributed by atoms with Gasteiger partial charge < -0.3 is 15.1 Å². The Bertz CT molecular complexity index is 820. The first-order valence-electron chi connectivity index (χ1n) is 8.85. The number of rotatable bonds is 5. The van der Waals surface area contributed by atoms with Gasteiger partial charge >= 0.3 is 0 Å². The number of benzene rings is 2. The SMILES string of the molecule is C[C@@H](C(=O)Nc1ccccc1[N+](=O)[O-])[NH+]1CCN(c2ccc(F)cc2)CC1. The average molecular weight is 373 g/mol. The molecule has 7 nitrogen and oxygen atoms in total. The van der Waals surface area contributed by atoms with E-state index < -0.39 is 4.92 Å². The molecule has 1 saturated heterocycles. The fourth-order valence-corrected chi connectivity index (χ4v) is 3.30. The van der Waals surface area contributed by atoms with Gasteiger partial charge in [0.05, 0.1) is 31.1 Å². The van der Waals surface area contributed by atoms with Crippen LogP contribution in [-0.4, -0.2) is 43.1 Å². The number of hydrogen-bond acceptors (Lipinski definition) is 4. The van der Waals surface area contributed by atoms with E-state index in [9.17, 15) is 19.3 Å². The minimum atomic E-state index is -0.505. The topological polar surface area (TPSA) is 79.9 Å². The lowest BCUT2D eigenvalue weighted by Crippen LogP contribution is -3.19. The van der Waals surface area contributed by atoms with Crippen LogP contribution in [0.2, 0.25) is 0 Å². The van der Waals surface area contributed by atoms with Gasteiger partial charge in [0.1, 0.15) is 11.5 Å². The molecule has 8 heteroatoms. The lowest BCUT2D eigenvalue weighted by atomic mass is 10.2. The highest BCUT2D eigenvalue weighted by Crippen LogP contribution is 2.23. The Morgan fingerprint density at radius 1 is 1.19 bits per heavy atom. The molecule has 2 N–H and O–H groups in total. The fourth-order valence-electron chi connectivity index (χ4n) is 3.30. The molecule has 0 spiro atoms. The molecule has 1 heterocycles. The third-order valence-corrected chi connectivity index (χ3v) is 4.96. The van der Waals surface area contributed by atoms with E-state index in [-0.39, 0.29) is 29.1 Å². The summed E-state index contributed by atoms with van der Waals surface area (Å²) in [5.74, 6) is -0.502. The molecule has 0 saturated carbocycles. The summed E-state index contributed by atoms with van der Waals surface area (Å²) in [6.45, 7) is 4.84. The van der Waals surface area contributed by atoms with E-state index >= 15 is 0 Å². The van der Waals surface area contributed by atoms with Crippen molar-refractivity contribution < 1.29 is 19.0 Å². The Balaban J connectivity index is 1.59. The summed E-state index contributed by atoms with van der Waals surface area (Å²) in [5, 5.41) is 13.8. The van der Waals surface area contributed by atoms with Crippen molar-refractivity contribution in [3.8, 4) is 0 Å². The summed E-state index contributed by atoms with van der Waals surface area (Å²) in [4.78, 5) is 26.4. The number of para-hydroxylation sites is 2. The Kier molecular flexibility index (Phi) is 5.66. The normalized spacial score (nSPS) is 16.0. The molecular formula is C19H22FN4O3+. The molecule has 1 aliphatic heterocycles. The van der Waals surface area contributed by atoms with Crippen molar-refractivity contribution >= 4 is 23.0 Å². The van der Waals surface area contributed by atoms with Crippen LogP contribution in [0.1, 0.15) is 6.92 Å². The third-order valence-electron chi connectivity index (χ3n) is 4.96. The highest BCUT2D eigenvalue weighted by Gasteiger charge is 2.30. The summed E-state index contributed by atoms with van der Waals surface area (Å²) in [5.41, 5.74) is 1.06. The van der Waals surface area contributed by atoms with E-state index in [2.05, 4.69) is 10.2 Å². The number of halogens is 1. The van der Waals surface area contributed by atoms with Crippen molar-refractivity contribution in [2.45, 2.75) is 13.0 Å². The van der Waals surface area contributed by atoms with Gasteiger partial charge in [0.25, 0.3) is 11.6 Å². The average Bonchev–Trinajstić information content (AvgIpc) is 2.68. The molecule has 0 aliphatic carbocycles. The number of nitro groups is 1. The van der Waals surface area contributed by atoms with Crippen LogP contribution >= 0.6 is 0 Å². The first-order valence-corrected chi connectivity index (χ1v) is 8.85. The van der Waals surface area contributed by atoms with E-state index in [0.717, 1.165) is 36.8 Å². The molecule has 0 aromatic heterocycles. The second-order valence-electron chi connectivity index (χ2n) is 6.61. The van der Waals surface area contributed by atoms with E-state index in [1.807, 2.05) is 6.92 Å². The largest absolute Gasteiger partial charge is 0.360 e. The zero-order valence-electron chi connectivity index (χ0n) is 15.0. The van der Waals surface area contributed by atoms with E-state index in [4.69, 9.17) is 0 Å². The van der Waals surface area contributed by atoms with Crippen LogP contribution in [0.5, 0.6) is 0 Å². The van der Waals surface area contributed by atoms with Crippen LogP contribution in [0.4, 0.5) is 21.5 Å². The molecule has 2 aromatic carbocycles. The van der Waals surface area contributed by atoms with Crippen LogP contribution < -0.4 is 15.1 Å². The maximum Gasteiger partial charge on any atom is 0.292 e. The Morgan fingerprint density at radius 3 is 2.44 bits per heavy atom. The standard InChI is InChI=1S/C19H21FN4O3/c1-14(19(25)21-17-4-2-3-5-18(17)24(26)27)22-10-12-23(13-11-22)16-8-6-15(20)7-9-16/h2-9,14H,10-13H2,1H3,(H,21,25)/p+1/t14-/m0/s1. The fraction of sp³-hybridized carbons (Fsp3) is 0.316. The Hall–Kier alpha value is -3.00. The number of anilines is 2. The van der Waals surface area contributed by atoms with Gasteiger partial charge in [0, 0.05) is 11.8 Å². The van der Waals surface area contributed by atoms with Crippen LogP contribution in [0, 0.1) is 15.9 Å². The van der Waals surface area contributed by atoms with Gasteiger partial charge in [-0.3, -0.25) is 14.9 Å². The van der Waals surface area contributed by atoms with Crippen LogP contribution in [0.3, 0.4) is 0 Å². The lowest BCUT2D eigenvalue weighted by Gasteiger charge is -2.36. The molecule has 1 aliphatic rings. The molecular weight excluding hydrogens is 351 g/mol. The zero-order chi connectivity index (χ0) is 19.4. The van der Waals surface area contributed by atoms with Crippen LogP contribution in [0.15, 0.2) is 48.5 Å². The molecule has 27 heavy (non-hydrogen) atoms. The number of nitrogens with zero attached hydrogens (tertiary/aromatic N) is 2. The van der Waals surface area contributed by atoms with Gasteiger partial charge in [-0.15, -0.1) is 0 Å². The number of carbonyl (C=O) groups excluding carboxylic acids is 1. The highest BCUT2D eigenvalue weighted by molar-refractivity contribution is 5.95.